The molecule has 0 aromatic heterocycles. The normalized spacial score (nSPS) is 18.6. The Labute approximate surface area is 195 Å². The standard InChI is InChI=1S/C24H31N3O5S/c1-17-5-4-12-26(14-17)20-8-6-19(7-9-20)18(2)25-24(28)15-27(33(3,29)30)21-10-11-22-23(13-21)32-16-31-22/h6-11,13,17-18H,4-5,12,14-16H2,1-3H3,(H,25,28). The summed E-state index contributed by atoms with van der Waals surface area (Å²) in [6.07, 6.45) is 3.55. The first kappa shape index (κ1) is 23.2. The lowest BCUT2D eigenvalue weighted by Gasteiger charge is -2.33. The maximum Gasteiger partial charge on any atom is 0.241 e. The largest absolute Gasteiger partial charge is 0.454 e. The molecule has 2 aliphatic heterocycles. The maximum atomic E-state index is 12.8. The Balaban J connectivity index is 1.41. The number of nitrogens with one attached hydrogen (secondary N) is 1. The van der Waals surface area contributed by atoms with E-state index in [1.165, 1.54) is 18.5 Å². The number of anilines is 2. The highest BCUT2D eigenvalue weighted by molar-refractivity contribution is 7.92. The fourth-order valence-electron chi connectivity index (χ4n) is 4.34. The minimum Gasteiger partial charge on any atom is -0.454 e. The summed E-state index contributed by atoms with van der Waals surface area (Å²) in [6.45, 7) is 6.06. The quantitative estimate of drug-likeness (QED) is 0.664. The van der Waals surface area contributed by atoms with Crippen molar-refractivity contribution in [3.05, 3.63) is 48.0 Å². The molecule has 0 aliphatic carbocycles. The van der Waals surface area contributed by atoms with Gasteiger partial charge in [-0.3, -0.25) is 9.10 Å². The van der Waals surface area contributed by atoms with Crippen LogP contribution in [0.1, 0.15) is 38.3 Å². The molecule has 33 heavy (non-hydrogen) atoms. The van der Waals surface area contributed by atoms with E-state index in [-0.39, 0.29) is 25.3 Å². The Morgan fingerprint density at radius 3 is 2.61 bits per heavy atom. The van der Waals surface area contributed by atoms with Gasteiger partial charge in [-0.15, -0.1) is 0 Å². The SMILES string of the molecule is CC1CCCN(c2ccc(C(C)NC(=O)CN(c3ccc4c(c3)OCO4)S(C)(=O)=O)cc2)C1. The van der Waals surface area contributed by atoms with E-state index in [2.05, 4.69) is 29.3 Å². The number of piperidine rings is 1. The van der Waals surface area contributed by atoms with E-state index in [1.807, 2.05) is 19.1 Å². The number of fused-ring (bicyclic) bond motifs is 1. The molecule has 4 rings (SSSR count). The van der Waals surface area contributed by atoms with Crippen molar-refractivity contribution in [1.29, 1.82) is 0 Å². The van der Waals surface area contributed by atoms with Gasteiger partial charge in [-0.25, -0.2) is 8.42 Å². The summed E-state index contributed by atoms with van der Waals surface area (Å²) in [5.41, 5.74) is 2.51. The molecule has 0 saturated carbocycles. The number of hydrogen-bond acceptors (Lipinski definition) is 6. The molecule has 1 N–H and O–H groups in total. The molecule has 0 spiro atoms. The summed E-state index contributed by atoms with van der Waals surface area (Å²) in [5.74, 6) is 1.31. The van der Waals surface area contributed by atoms with Gasteiger partial charge in [-0.1, -0.05) is 19.1 Å². The van der Waals surface area contributed by atoms with Gasteiger partial charge in [0.15, 0.2) is 11.5 Å². The first-order valence-electron chi connectivity index (χ1n) is 11.2. The molecule has 2 atom stereocenters. The number of ether oxygens (including phenoxy) is 2. The highest BCUT2D eigenvalue weighted by Crippen LogP contribution is 2.36. The number of carbonyl (C=O) groups excluding carboxylic acids is 1. The third-order valence-electron chi connectivity index (χ3n) is 6.12. The van der Waals surface area contributed by atoms with Gasteiger partial charge in [0.05, 0.1) is 18.0 Å². The molecular formula is C24H31N3O5S. The Kier molecular flexibility index (Phi) is 6.69. The van der Waals surface area contributed by atoms with Crippen LogP contribution >= 0.6 is 0 Å². The third-order valence-corrected chi connectivity index (χ3v) is 7.27. The van der Waals surface area contributed by atoms with Gasteiger partial charge in [-0.05, 0) is 55.5 Å². The number of amides is 1. The van der Waals surface area contributed by atoms with Gasteiger partial charge in [0.2, 0.25) is 22.7 Å². The lowest BCUT2D eigenvalue weighted by atomic mass is 9.99. The van der Waals surface area contributed by atoms with Gasteiger partial charge < -0.3 is 19.7 Å². The highest BCUT2D eigenvalue weighted by Gasteiger charge is 2.24. The van der Waals surface area contributed by atoms with Crippen molar-refractivity contribution in [3.8, 4) is 11.5 Å². The zero-order chi connectivity index (χ0) is 23.6. The first-order valence-corrected chi connectivity index (χ1v) is 13.1. The van der Waals surface area contributed by atoms with Gasteiger partial charge >= 0.3 is 0 Å². The summed E-state index contributed by atoms with van der Waals surface area (Å²) in [6, 6.07) is 12.8. The van der Waals surface area contributed by atoms with Crippen molar-refractivity contribution < 1.29 is 22.7 Å². The second-order valence-electron chi connectivity index (χ2n) is 8.88. The lowest BCUT2D eigenvalue weighted by molar-refractivity contribution is -0.120. The lowest BCUT2D eigenvalue weighted by Crippen LogP contribution is -2.41. The topological polar surface area (TPSA) is 88.2 Å². The molecule has 2 unspecified atom stereocenters. The van der Waals surface area contributed by atoms with Crippen LogP contribution in [0.15, 0.2) is 42.5 Å². The molecule has 2 aromatic rings. The molecule has 2 heterocycles. The summed E-state index contributed by atoms with van der Waals surface area (Å²) >= 11 is 0. The average molecular weight is 474 g/mol. The molecule has 1 amide bonds. The van der Waals surface area contributed by atoms with Gasteiger partial charge in [-0.2, -0.15) is 0 Å². The van der Waals surface area contributed by atoms with Crippen molar-refractivity contribution >= 4 is 27.3 Å². The van der Waals surface area contributed by atoms with Crippen molar-refractivity contribution in [2.24, 2.45) is 5.92 Å². The van der Waals surface area contributed by atoms with E-state index in [1.54, 1.807) is 18.2 Å². The van der Waals surface area contributed by atoms with Crippen LogP contribution in [0.25, 0.3) is 0 Å². The molecule has 1 saturated heterocycles. The number of sulfonamides is 1. The first-order chi connectivity index (χ1) is 15.7. The monoisotopic (exact) mass is 473 g/mol. The summed E-state index contributed by atoms with van der Waals surface area (Å²) in [4.78, 5) is 15.2. The van der Waals surface area contributed by atoms with E-state index >= 15 is 0 Å². The van der Waals surface area contributed by atoms with E-state index in [9.17, 15) is 13.2 Å². The van der Waals surface area contributed by atoms with Crippen LogP contribution in [0.4, 0.5) is 11.4 Å². The van der Waals surface area contributed by atoms with Crippen molar-refractivity contribution in [2.45, 2.75) is 32.7 Å². The smallest absolute Gasteiger partial charge is 0.241 e. The Bertz CT molecular complexity index is 1100. The van der Waals surface area contributed by atoms with Crippen LogP contribution in [-0.2, 0) is 14.8 Å². The van der Waals surface area contributed by atoms with Crippen LogP contribution in [0.2, 0.25) is 0 Å². The fourth-order valence-corrected chi connectivity index (χ4v) is 5.19. The molecule has 2 aliphatic rings. The molecular weight excluding hydrogens is 442 g/mol. The van der Waals surface area contributed by atoms with Crippen LogP contribution < -0.4 is 24.0 Å². The molecule has 9 heteroatoms. The average Bonchev–Trinajstić information content (AvgIpc) is 3.24. The molecule has 0 bridgehead atoms. The molecule has 178 valence electrons. The van der Waals surface area contributed by atoms with E-state index in [0.717, 1.165) is 29.2 Å². The van der Waals surface area contributed by atoms with Crippen LogP contribution in [0.5, 0.6) is 11.5 Å². The zero-order valence-corrected chi connectivity index (χ0v) is 20.1. The molecule has 2 aromatic carbocycles. The fraction of sp³-hybridized carbons (Fsp3) is 0.458. The van der Waals surface area contributed by atoms with E-state index < -0.39 is 10.0 Å². The van der Waals surface area contributed by atoms with Gasteiger partial charge in [0.1, 0.15) is 6.54 Å². The van der Waals surface area contributed by atoms with Gasteiger partial charge in [0.25, 0.3) is 0 Å². The number of benzene rings is 2. The Morgan fingerprint density at radius 1 is 1.18 bits per heavy atom. The van der Waals surface area contributed by atoms with E-state index in [4.69, 9.17) is 9.47 Å². The summed E-state index contributed by atoms with van der Waals surface area (Å²) in [5, 5.41) is 2.91. The minimum absolute atomic E-state index is 0.0885. The minimum atomic E-state index is -3.68. The van der Waals surface area contributed by atoms with Crippen LogP contribution in [0, 0.1) is 5.92 Å². The number of nitrogens with zero attached hydrogens (tertiary/aromatic N) is 2. The molecule has 1 fully saturated rings. The zero-order valence-electron chi connectivity index (χ0n) is 19.3. The maximum absolute atomic E-state index is 12.8. The Morgan fingerprint density at radius 2 is 1.91 bits per heavy atom. The van der Waals surface area contributed by atoms with Crippen molar-refractivity contribution in [1.82, 2.24) is 5.32 Å². The second-order valence-corrected chi connectivity index (χ2v) is 10.8. The third kappa shape index (κ3) is 5.52. The number of carbonyl (C=O) groups is 1. The number of hydrogen-bond donors (Lipinski definition) is 1. The van der Waals surface area contributed by atoms with Gasteiger partial charge in [0, 0.05) is 24.8 Å². The van der Waals surface area contributed by atoms with Crippen LogP contribution in [-0.4, -0.2) is 47.0 Å². The molecule has 8 nitrogen and oxygen atoms in total. The predicted molar refractivity (Wildman–Crippen MR) is 128 cm³/mol. The summed E-state index contributed by atoms with van der Waals surface area (Å²) in [7, 11) is -3.68. The van der Waals surface area contributed by atoms with Crippen molar-refractivity contribution in [3.63, 3.8) is 0 Å². The van der Waals surface area contributed by atoms with E-state index in [0.29, 0.717) is 23.1 Å². The van der Waals surface area contributed by atoms with Crippen molar-refractivity contribution in [2.75, 3.05) is 41.9 Å². The predicted octanol–water partition coefficient (Wildman–Crippen LogP) is 3.30. The molecule has 0 radical (unpaired) electrons. The Hall–Kier alpha value is -2.94. The highest BCUT2D eigenvalue weighted by atomic mass is 32.2. The van der Waals surface area contributed by atoms with Crippen LogP contribution in [0.3, 0.4) is 0 Å². The summed E-state index contributed by atoms with van der Waals surface area (Å²) < 4.78 is 36.5. The second kappa shape index (κ2) is 9.51. The number of rotatable bonds is 7.